The third kappa shape index (κ3) is 5.33. The van der Waals surface area contributed by atoms with Crippen molar-refractivity contribution in [2.24, 2.45) is 0 Å². The second-order valence-corrected chi connectivity index (χ2v) is 6.56. The standard InChI is InChI=1S/C23H22FNO3/c1-16(2)28-21-13-18(23(26)25-19-9-4-3-5-10-19)12-20(14-21)27-15-17-8-6-7-11-22(17)24/h3-14,16H,15H2,1-2H3,(H,25,26). The van der Waals surface area contributed by atoms with E-state index in [2.05, 4.69) is 5.32 Å². The van der Waals surface area contributed by atoms with Gasteiger partial charge in [-0.05, 0) is 44.2 Å². The number of carbonyl (C=O) groups excluding carboxylic acids is 1. The maximum Gasteiger partial charge on any atom is 0.255 e. The maximum absolute atomic E-state index is 13.8. The molecule has 0 saturated carbocycles. The summed E-state index contributed by atoms with van der Waals surface area (Å²) in [5, 5.41) is 2.84. The van der Waals surface area contributed by atoms with Crippen LogP contribution in [0.25, 0.3) is 0 Å². The molecular formula is C23H22FNO3. The van der Waals surface area contributed by atoms with Gasteiger partial charge in [-0.1, -0.05) is 36.4 Å². The highest BCUT2D eigenvalue weighted by Crippen LogP contribution is 2.26. The Bertz CT molecular complexity index is 942. The fourth-order valence-electron chi connectivity index (χ4n) is 2.63. The van der Waals surface area contributed by atoms with Crippen LogP contribution < -0.4 is 14.8 Å². The first-order valence-corrected chi connectivity index (χ1v) is 9.05. The first-order chi connectivity index (χ1) is 13.5. The first-order valence-electron chi connectivity index (χ1n) is 9.05. The molecule has 0 saturated heterocycles. The van der Waals surface area contributed by atoms with Crippen molar-refractivity contribution in [1.29, 1.82) is 0 Å². The van der Waals surface area contributed by atoms with Crippen molar-refractivity contribution in [1.82, 2.24) is 0 Å². The molecule has 144 valence electrons. The highest BCUT2D eigenvalue weighted by Gasteiger charge is 2.12. The highest BCUT2D eigenvalue weighted by atomic mass is 19.1. The van der Waals surface area contributed by atoms with Crippen LogP contribution in [0.4, 0.5) is 10.1 Å². The number of hydrogen-bond acceptors (Lipinski definition) is 3. The van der Waals surface area contributed by atoms with Crippen LogP contribution in [0.5, 0.6) is 11.5 Å². The van der Waals surface area contributed by atoms with Gasteiger partial charge in [0.1, 0.15) is 23.9 Å². The van der Waals surface area contributed by atoms with E-state index in [-0.39, 0.29) is 24.4 Å². The molecule has 0 aliphatic heterocycles. The van der Waals surface area contributed by atoms with Crippen LogP contribution in [0.15, 0.2) is 72.8 Å². The van der Waals surface area contributed by atoms with E-state index in [0.717, 1.165) is 0 Å². The smallest absolute Gasteiger partial charge is 0.255 e. The van der Waals surface area contributed by atoms with E-state index in [1.807, 2.05) is 44.2 Å². The molecule has 0 heterocycles. The number of hydrogen-bond donors (Lipinski definition) is 1. The topological polar surface area (TPSA) is 47.6 Å². The summed E-state index contributed by atoms with van der Waals surface area (Å²) in [6, 6.07) is 20.6. The van der Waals surface area contributed by atoms with Gasteiger partial charge in [-0.25, -0.2) is 4.39 Å². The number of para-hydroxylation sites is 1. The molecular weight excluding hydrogens is 357 g/mol. The molecule has 1 N–H and O–H groups in total. The molecule has 5 heteroatoms. The molecule has 3 aromatic carbocycles. The highest BCUT2D eigenvalue weighted by molar-refractivity contribution is 6.04. The molecule has 3 aromatic rings. The van der Waals surface area contributed by atoms with Crippen LogP contribution in [0.3, 0.4) is 0 Å². The minimum atomic E-state index is -0.334. The van der Waals surface area contributed by atoms with E-state index in [0.29, 0.717) is 28.3 Å². The Hall–Kier alpha value is -3.34. The largest absolute Gasteiger partial charge is 0.491 e. The van der Waals surface area contributed by atoms with Crippen molar-refractivity contribution in [3.05, 3.63) is 89.7 Å². The zero-order valence-corrected chi connectivity index (χ0v) is 15.8. The van der Waals surface area contributed by atoms with E-state index in [4.69, 9.17) is 9.47 Å². The molecule has 0 aliphatic rings. The lowest BCUT2D eigenvalue weighted by Crippen LogP contribution is -2.13. The molecule has 0 spiro atoms. The lowest BCUT2D eigenvalue weighted by Gasteiger charge is -2.14. The van der Waals surface area contributed by atoms with Crippen LogP contribution in [0, 0.1) is 5.82 Å². The third-order valence-electron chi connectivity index (χ3n) is 3.90. The Kier molecular flexibility index (Phi) is 6.27. The summed E-state index contributed by atoms with van der Waals surface area (Å²) in [6.07, 6.45) is -0.0631. The van der Waals surface area contributed by atoms with Crippen molar-refractivity contribution in [2.75, 3.05) is 5.32 Å². The average molecular weight is 379 g/mol. The number of anilines is 1. The van der Waals surface area contributed by atoms with Gasteiger partial charge in [0.05, 0.1) is 6.10 Å². The van der Waals surface area contributed by atoms with Crippen LogP contribution in [-0.4, -0.2) is 12.0 Å². The van der Waals surface area contributed by atoms with E-state index >= 15 is 0 Å². The molecule has 0 aliphatic carbocycles. The Morgan fingerprint density at radius 2 is 1.64 bits per heavy atom. The minimum Gasteiger partial charge on any atom is -0.491 e. The molecule has 4 nitrogen and oxygen atoms in total. The van der Waals surface area contributed by atoms with Gasteiger partial charge < -0.3 is 14.8 Å². The van der Waals surface area contributed by atoms with Crippen LogP contribution in [0.2, 0.25) is 0 Å². The number of halogens is 1. The number of rotatable bonds is 7. The molecule has 0 aromatic heterocycles. The van der Waals surface area contributed by atoms with E-state index in [1.54, 1.807) is 36.4 Å². The second kappa shape index (κ2) is 9.04. The number of carbonyl (C=O) groups is 1. The summed E-state index contributed by atoms with van der Waals surface area (Å²) in [4.78, 5) is 12.7. The van der Waals surface area contributed by atoms with Crippen LogP contribution in [-0.2, 0) is 6.61 Å². The minimum absolute atomic E-state index is 0.0531. The number of benzene rings is 3. The van der Waals surface area contributed by atoms with E-state index in [9.17, 15) is 9.18 Å². The Morgan fingerprint density at radius 3 is 2.36 bits per heavy atom. The molecule has 3 rings (SSSR count). The van der Waals surface area contributed by atoms with Crippen LogP contribution in [0.1, 0.15) is 29.8 Å². The van der Waals surface area contributed by atoms with Gasteiger partial charge in [0.2, 0.25) is 0 Å². The fraction of sp³-hybridized carbons (Fsp3) is 0.174. The molecule has 1 amide bonds. The Morgan fingerprint density at radius 1 is 0.964 bits per heavy atom. The lowest BCUT2D eigenvalue weighted by atomic mass is 10.1. The Labute approximate surface area is 163 Å². The van der Waals surface area contributed by atoms with E-state index in [1.165, 1.54) is 6.07 Å². The summed E-state index contributed by atoms with van der Waals surface area (Å²) >= 11 is 0. The van der Waals surface area contributed by atoms with Gasteiger partial charge in [0.15, 0.2) is 0 Å². The van der Waals surface area contributed by atoms with Gasteiger partial charge in [0.25, 0.3) is 5.91 Å². The SMILES string of the molecule is CC(C)Oc1cc(OCc2ccccc2F)cc(C(=O)Nc2ccccc2)c1. The number of nitrogens with one attached hydrogen (secondary N) is 1. The molecule has 0 unspecified atom stereocenters. The summed E-state index contributed by atoms with van der Waals surface area (Å²) in [5.41, 5.74) is 1.52. The summed E-state index contributed by atoms with van der Waals surface area (Å²) in [6.45, 7) is 3.85. The zero-order chi connectivity index (χ0) is 19.9. The Balaban J connectivity index is 1.82. The normalized spacial score (nSPS) is 10.6. The summed E-state index contributed by atoms with van der Waals surface area (Å²) in [7, 11) is 0. The van der Waals surface area contributed by atoms with Crippen molar-refractivity contribution in [3.8, 4) is 11.5 Å². The number of ether oxygens (including phenoxy) is 2. The molecule has 28 heavy (non-hydrogen) atoms. The van der Waals surface area contributed by atoms with Crippen molar-refractivity contribution >= 4 is 11.6 Å². The third-order valence-corrected chi connectivity index (χ3v) is 3.90. The molecule has 0 fully saturated rings. The summed E-state index contributed by atoms with van der Waals surface area (Å²) in [5.74, 6) is 0.328. The molecule has 0 radical (unpaired) electrons. The van der Waals surface area contributed by atoms with Crippen LogP contribution >= 0.6 is 0 Å². The summed E-state index contributed by atoms with van der Waals surface area (Å²) < 4.78 is 25.3. The molecule has 0 bridgehead atoms. The zero-order valence-electron chi connectivity index (χ0n) is 15.8. The van der Waals surface area contributed by atoms with Crippen molar-refractivity contribution in [2.45, 2.75) is 26.6 Å². The lowest BCUT2D eigenvalue weighted by molar-refractivity contribution is 0.102. The van der Waals surface area contributed by atoms with Gasteiger partial charge in [-0.15, -0.1) is 0 Å². The quantitative estimate of drug-likeness (QED) is 0.594. The average Bonchev–Trinajstić information content (AvgIpc) is 2.67. The van der Waals surface area contributed by atoms with Crippen molar-refractivity contribution < 1.29 is 18.7 Å². The van der Waals surface area contributed by atoms with Gasteiger partial charge in [-0.3, -0.25) is 4.79 Å². The predicted octanol–water partition coefficient (Wildman–Crippen LogP) is 5.44. The molecule has 0 atom stereocenters. The van der Waals surface area contributed by atoms with E-state index < -0.39 is 0 Å². The number of amides is 1. The van der Waals surface area contributed by atoms with Crippen molar-refractivity contribution in [3.63, 3.8) is 0 Å². The van der Waals surface area contributed by atoms with Gasteiger partial charge in [-0.2, -0.15) is 0 Å². The second-order valence-electron chi connectivity index (χ2n) is 6.56. The van der Waals surface area contributed by atoms with Gasteiger partial charge >= 0.3 is 0 Å². The predicted molar refractivity (Wildman–Crippen MR) is 107 cm³/mol. The fourth-order valence-corrected chi connectivity index (χ4v) is 2.63. The monoisotopic (exact) mass is 379 g/mol. The first kappa shape index (κ1) is 19.4. The maximum atomic E-state index is 13.8. The van der Waals surface area contributed by atoms with Gasteiger partial charge in [0, 0.05) is 22.9 Å².